The maximum absolute atomic E-state index is 11.8. The lowest BCUT2D eigenvalue weighted by atomic mass is 9.96. The van der Waals surface area contributed by atoms with Gasteiger partial charge in [-0.15, -0.1) is 0 Å². The summed E-state index contributed by atoms with van der Waals surface area (Å²) in [5.74, 6) is 0.248. The zero-order valence-corrected chi connectivity index (χ0v) is 12.1. The van der Waals surface area contributed by atoms with Crippen molar-refractivity contribution >= 4 is 17.3 Å². The molecule has 0 spiro atoms. The number of hydrogen-bond acceptors (Lipinski definition) is 2. The summed E-state index contributed by atoms with van der Waals surface area (Å²) >= 11 is 0. The number of carbonyl (C=O) groups excluding carboxylic acids is 1. The molecule has 1 N–H and O–H groups in total. The van der Waals surface area contributed by atoms with E-state index in [2.05, 4.69) is 30.4 Å². The quantitative estimate of drug-likeness (QED) is 0.849. The summed E-state index contributed by atoms with van der Waals surface area (Å²) in [6.45, 7) is 3.06. The molecular formula is C17H22N2O. The Morgan fingerprint density at radius 1 is 1.30 bits per heavy atom. The van der Waals surface area contributed by atoms with Crippen LogP contribution in [0.15, 0.2) is 35.9 Å². The van der Waals surface area contributed by atoms with Crippen LogP contribution in [0.1, 0.15) is 39.0 Å². The van der Waals surface area contributed by atoms with Crippen molar-refractivity contribution in [2.75, 3.05) is 16.8 Å². The van der Waals surface area contributed by atoms with Gasteiger partial charge >= 0.3 is 0 Å². The van der Waals surface area contributed by atoms with E-state index in [1.807, 2.05) is 17.0 Å². The van der Waals surface area contributed by atoms with Crippen molar-refractivity contribution in [3.05, 3.63) is 35.9 Å². The Labute approximate surface area is 120 Å². The van der Waals surface area contributed by atoms with E-state index in [9.17, 15) is 4.79 Å². The topological polar surface area (TPSA) is 32.3 Å². The molecule has 3 nitrogen and oxygen atoms in total. The highest BCUT2D eigenvalue weighted by Gasteiger charge is 2.22. The lowest BCUT2D eigenvalue weighted by Gasteiger charge is -2.24. The highest BCUT2D eigenvalue weighted by Crippen LogP contribution is 2.26. The molecule has 1 aromatic rings. The Bertz CT molecular complexity index is 536. The molecule has 1 aliphatic carbocycles. The smallest absolute Gasteiger partial charge is 0.227 e. The number of benzene rings is 1. The SMILES string of the molecule is CC1=CC[C@H](Nc2cccc(N3CCCC3=O)c2)CC1. The molecule has 1 aromatic carbocycles. The molecule has 20 heavy (non-hydrogen) atoms. The molecule has 3 heteroatoms. The Hall–Kier alpha value is -1.77. The molecule has 0 bridgehead atoms. The molecular weight excluding hydrogens is 248 g/mol. The third kappa shape index (κ3) is 2.87. The minimum Gasteiger partial charge on any atom is -0.382 e. The zero-order chi connectivity index (χ0) is 13.9. The van der Waals surface area contributed by atoms with Crippen molar-refractivity contribution in [3.63, 3.8) is 0 Å². The van der Waals surface area contributed by atoms with Crippen molar-refractivity contribution in [1.29, 1.82) is 0 Å². The van der Waals surface area contributed by atoms with E-state index in [1.165, 1.54) is 18.4 Å². The molecule has 1 heterocycles. The zero-order valence-electron chi connectivity index (χ0n) is 12.1. The number of rotatable bonds is 3. The van der Waals surface area contributed by atoms with Crippen LogP contribution in [-0.4, -0.2) is 18.5 Å². The third-order valence-corrected chi connectivity index (χ3v) is 4.24. The fraction of sp³-hybridized carbons (Fsp3) is 0.471. The number of carbonyl (C=O) groups is 1. The number of hydrogen-bond donors (Lipinski definition) is 1. The minimum absolute atomic E-state index is 0.248. The van der Waals surface area contributed by atoms with Gasteiger partial charge < -0.3 is 10.2 Å². The van der Waals surface area contributed by atoms with Crippen LogP contribution in [0.2, 0.25) is 0 Å². The molecule has 3 rings (SSSR count). The molecule has 0 radical (unpaired) electrons. The van der Waals surface area contributed by atoms with Gasteiger partial charge in [0.15, 0.2) is 0 Å². The van der Waals surface area contributed by atoms with Crippen LogP contribution in [0.3, 0.4) is 0 Å². The monoisotopic (exact) mass is 270 g/mol. The highest BCUT2D eigenvalue weighted by atomic mass is 16.2. The first-order valence-corrected chi connectivity index (χ1v) is 7.55. The predicted molar refractivity (Wildman–Crippen MR) is 83.0 cm³/mol. The molecule has 0 unspecified atom stereocenters. The number of nitrogens with zero attached hydrogens (tertiary/aromatic N) is 1. The van der Waals surface area contributed by atoms with E-state index in [0.717, 1.165) is 30.8 Å². The molecule has 0 aromatic heterocycles. The van der Waals surface area contributed by atoms with Crippen molar-refractivity contribution < 1.29 is 4.79 Å². The molecule has 1 amide bonds. The van der Waals surface area contributed by atoms with Crippen LogP contribution in [0, 0.1) is 0 Å². The summed E-state index contributed by atoms with van der Waals surface area (Å²) in [6, 6.07) is 8.78. The molecule has 1 aliphatic heterocycles. The van der Waals surface area contributed by atoms with E-state index < -0.39 is 0 Å². The normalized spacial score (nSPS) is 22.9. The largest absolute Gasteiger partial charge is 0.382 e. The first-order valence-electron chi connectivity index (χ1n) is 7.55. The van der Waals surface area contributed by atoms with Crippen molar-refractivity contribution in [2.24, 2.45) is 0 Å². The molecule has 1 saturated heterocycles. The number of nitrogens with one attached hydrogen (secondary N) is 1. The molecule has 1 atom stereocenters. The van der Waals surface area contributed by atoms with E-state index in [-0.39, 0.29) is 5.91 Å². The Morgan fingerprint density at radius 3 is 2.90 bits per heavy atom. The maximum atomic E-state index is 11.8. The third-order valence-electron chi connectivity index (χ3n) is 4.24. The van der Waals surface area contributed by atoms with Gasteiger partial charge in [0, 0.05) is 30.4 Å². The summed E-state index contributed by atoms with van der Waals surface area (Å²) in [7, 11) is 0. The highest BCUT2D eigenvalue weighted by molar-refractivity contribution is 5.95. The van der Waals surface area contributed by atoms with Gasteiger partial charge in [-0.25, -0.2) is 0 Å². The lowest BCUT2D eigenvalue weighted by molar-refractivity contribution is -0.117. The summed E-state index contributed by atoms with van der Waals surface area (Å²) < 4.78 is 0. The molecule has 1 fully saturated rings. The van der Waals surface area contributed by atoms with Gasteiger partial charge in [-0.05, 0) is 50.8 Å². The van der Waals surface area contributed by atoms with Crippen LogP contribution in [0.4, 0.5) is 11.4 Å². The first kappa shape index (κ1) is 13.2. The van der Waals surface area contributed by atoms with Gasteiger partial charge in [0.25, 0.3) is 0 Å². The first-order chi connectivity index (χ1) is 9.72. The molecule has 0 saturated carbocycles. The number of anilines is 2. The van der Waals surface area contributed by atoms with Crippen molar-refractivity contribution in [3.8, 4) is 0 Å². The van der Waals surface area contributed by atoms with E-state index >= 15 is 0 Å². The van der Waals surface area contributed by atoms with E-state index in [4.69, 9.17) is 0 Å². The summed E-state index contributed by atoms with van der Waals surface area (Å²) in [5, 5.41) is 3.60. The lowest BCUT2D eigenvalue weighted by Crippen LogP contribution is -2.24. The molecule has 2 aliphatic rings. The average Bonchev–Trinajstić information content (AvgIpc) is 2.88. The standard InChI is InChI=1S/C17H22N2O/c1-13-7-9-14(10-8-13)18-15-4-2-5-16(12-15)19-11-3-6-17(19)20/h2,4-5,7,12,14,18H,3,6,8-11H2,1H3/t14-/m0/s1. The Balaban J connectivity index is 1.70. The van der Waals surface area contributed by atoms with Crippen LogP contribution in [-0.2, 0) is 4.79 Å². The van der Waals surface area contributed by atoms with Gasteiger partial charge in [0.05, 0.1) is 0 Å². The second-order valence-electron chi connectivity index (χ2n) is 5.87. The van der Waals surface area contributed by atoms with E-state index in [1.54, 1.807) is 0 Å². The van der Waals surface area contributed by atoms with Gasteiger partial charge in [-0.2, -0.15) is 0 Å². The predicted octanol–water partition coefficient (Wildman–Crippen LogP) is 3.72. The van der Waals surface area contributed by atoms with Crippen molar-refractivity contribution in [2.45, 2.75) is 45.1 Å². The Morgan fingerprint density at radius 2 is 2.20 bits per heavy atom. The van der Waals surface area contributed by atoms with E-state index in [0.29, 0.717) is 12.5 Å². The van der Waals surface area contributed by atoms with Crippen LogP contribution in [0.25, 0.3) is 0 Å². The second kappa shape index (κ2) is 5.70. The summed E-state index contributed by atoms with van der Waals surface area (Å²) in [4.78, 5) is 13.7. The molecule has 106 valence electrons. The van der Waals surface area contributed by atoms with Gasteiger partial charge in [-0.3, -0.25) is 4.79 Å². The van der Waals surface area contributed by atoms with Crippen molar-refractivity contribution in [1.82, 2.24) is 0 Å². The van der Waals surface area contributed by atoms with Crippen LogP contribution >= 0.6 is 0 Å². The van der Waals surface area contributed by atoms with Crippen LogP contribution < -0.4 is 10.2 Å². The second-order valence-corrected chi connectivity index (χ2v) is 5.87. The van der Waals surface area contributed by atoms with Crippen LogP contribution in [0.5, 0.6) is 0 Å². The fourth-order valence-electron chi connectivity index (χ4n) is 3.02. The average molecular weight is 270 g/mol. The van der Waals surface area contributed by atoms with Gasteiger partial charge in [-0.1, -0.05) is 17.7 Å². The fourth-order valence-corrected chi connectivity index (χ4v) is 3.02. The maximum Gasteiger partial charge on any atom is 0.227 e. The summed E-state index contributed by atoms with van der Waals surface area (Å²) in [6.07, 6.45) is 7.46. The minimum atomic E-state index is 0.248. The number of amides is 1. The number of allylic oxidation sites excluding steroid dienone is 1. The Kier molecular flexibility index (Phi) is 3.77. The van der Waals surface area contributed by atoms with Gasteiger partial charge in [0.2, 0.25) is 5.91 Å². The van der Waals surface area contributed by atoms with Gasteiger partial charge in [0.1, 0.15) is 0 Å². The summed E-state index contributed by atoms with van der Waals surface area (Å²) in [5.41, 5.74) is 3.65.